The Kier molecular flexibility index (Phi) is 2.85. The van der Waals surface area contributed by atoms with E-state index in [0.29, 0.717) is 6.07 Å². The Morgan fingerprint density at radius 2 is 1.86 bits per heavy atom. The zero-order chi connectivity index (χ0) is 10.9. The summed E-state index contributed by atoms with van der Waals surface area (Å²) in [4.78, 5) is 0. The summed E-state index contributed by atoms with van der Waals surface area (Å²) in [5.74, 6) is -0.906. The minimum Gasteiger partial charge on any atom is -0.445 e. The van der Waals surface area contributed by atoms with Crippen LogP contribution in [0.1, 0.15) is 18.5 Å². The molecule has 1 aromatic rings. The lowest BCUT2D eigenvalue weighted by Gasteiger charge is -2.16. The van der Waals surface area contributed by atoms with E-state index < -0.39 is 24.3 Å². The molecular formula is C8H9BF4N-. The van der Waals surface area contributed by atoms with Crippen molar-refractivity contribution < 1.29 is 17.3 Å². The Bertz CT molecular complexity index is 335. The smallest absolute Gasteiger partial charge is 0.445 e. The highest BCUT2D eigenvalue weighted by Crippen LogP contribution is 2.16. The monoisotopic (exact) mass is 206 g/mol. The minimum atomic E-state index is -5.14. The molecule has 2 N–H and O–H groups in total. The van der Waals surface area contributed by atoms with Crippen LogP contribution >= 0.6 is 0 Å². The highest BCUT2D eigenvalue weighted by atomic mass is 19.4. The van der Waals surface area contributed by atoms with E-state index >= 15 is 0 Å². The van der Waals surface area contributed by atoms with Crippen molar-refractivity contribution in [3.8, 4) is 0 Å². The molecule has 14 heavy (non-hydrogen) atoms. The molecule has 0 aliphatic carbocycles. The van der Waals surface area contributed by atoms with E-state index in [1.165, 1.54) is 6.92 Å². The van der Waals surface area contributed by atoms with Gasteiger partial charge in [0.1, 0.15) is 5.82 Å². The van der Waals surface area contributed by atoms with Crippen LogP contribution < -0.4 is 11.2 Å². The van der Waals surface area contributed by atoms with E-state index in [9.17, 15) is 17.3 Å². The van der Waals surface area contributed by atoms with Crippen molar-refractivity contribution in [3.63, 3.8) is 0 Å². The van der Waals surface area contributed by atoms with Crippen LogP contribution in [0.2, 0.25) is 0 Å². The first kappa shape index (κ1) is 11.0. The van der Waals surface area contributed by atoms with Crippen molar-refractivity contribution in [1.29, 1.82) is 0 Å². The van der Waals surface area contributed by atoms with Crippen molar-refractivity contribution in [1.82, 2.24) is 0 Å². The number of hydrogen-bond acceptors (Lipinski definition) is 1. The summed E-state index contributed by atoms with van der Waals surface area (Å²) in [5.41, 5.74) is 4.51. The van der Waals surface area contributed by atoms with Crippen LogP contribution in [-0.4, -0.2) is 6.98 Å². The van der Waals surface area contributed by atoms with E-state index in [4.69, 9.17) is 5.73 Å². The Labute approximate surface area is 79.0 Å². The maximum Gasteiger partial charge on any atom is 0.509 e. The largest absolute Gasteiger partial charge is 0.509 e. The summed E-state index contributed by atoms with van der Waals surface area (Å²) in [6.45, 7) is -3.63. The van der Waals surface area contributed by atoms with Crippen LogP contribution in [0.5, 0.6) is 0 Å². The van der Waals surface area contributed by atoms with Gasteiger partial charge in [-0.15, -0.1) is 5.46 Å². The standard InChI is InChI=1S/C8H9BF4N/c1-5(14)7-3-2-6(4-8(7)10)9(11,12)13/h2-5H,14H2,1H3/q-1. The Morgan fingerprint density at radius 3 is 2.21 bits per heavy atom. The van der Waals surface area contributed by atoms with Gasteiger partial charge in [0.15, 0.2) is 0 Å². The molecule has 0 saturated carbocycles. The molecule has 0 bridgehead atoms. The van der Waals surface area contributed by atoms with Gasteiger partial charge >= 0.3 is 6.98 Å². The number of benzene rings is 1. The Balaban J connectivity index is 3.13. The topological polar surface area (TPSA) is 26.0 Å². The molecule has 0 amide bonds. The van der Waals surface area contributed by atoms with Crippen LogP contribution in [0, 0.1) is 5.82 Å². The van der Waals surface area contributed by atoms with Crippen LogP contribution in [0.4, 0.5) is 17.3 Å². The van der Waals surface area contributed by atoms with Gasteiger partial charge in [-0.3, -0.25) is 0 Å². The molecule has 0 aromatic heterocycles. The van der Waals surface area contributed by atoms with Gasteiger partial charge in [0.25, 0.3) is 0 Å². The summed E-state index contributed by atoms with van der Waals surface area (Å²) in [7, 11) is 0. The SMILES string of the molecule is CC(N)c1ccc([B-](F)(F)F)cc1F. The van der Waals surface area contributed by atoms with Crippen molar-refractivity contribution in [2.45, 2.75) is 13.0 Å². The molecule has 0 saturated heterocycles. The molecule has 0 spiro atoms. The van der Waals surface area contributed by atoms with E-state index in [2.05, 4.69) is 0 Å². The molecule has 1 nitrogen and oxygen atoms in total. The Hall–Kier alpha value is -1.04. The molecule has 0 fully saturated rings. The number of nitrogens with two attached hydrogens (primary N) is 1. The normalized spacial score (nSPS) is 14.1. The fourth-order valence-electron chi connectivity index (χ4n) is 1.12. The summed E-state index contributed by atoms with van der Waals surface area (Å²) >= 11 is 0. The fourth-order valence-corrected chi connectivity index (χ4v) is 1.12. The predicted octanol–water partition coefficient (Wildman–Crippen LogP) is 1.90. The molecule has 1 rings (SSSR count). The number of hydrogen-bond donors (Lipinski definition) is 1. The van der Waals surface area contributed by atoms with Gasteiger partial charge in [-0.25, -0.2) is 4.39 Å². The van der Waals surface area contributed by atoms with E-state index in [1.54, 1.807) is 0 Å². The highest BCUT2D eigenvalue weighted by molar-refractivity contribution is 6.73. The summed E-state index contributed by atoms with van der Waals surface area (Å²) in [5, 5.41) is 0. The molecule has 78 valence electrons. The molecule has 1 aromatic carbocycles. The molecule has 6 heteroatoms. The highest BCUT2D eigenvalue weighted by Gasteiger charge is 2.26. The zero-order valence-electron chi connectivity index (χ0n) is 7.48. The summed E-state index contributed by atoms with van der Waals surface area (Å²) in [6.07, 6.45) is 0. The lowest BCUT2D eigenvalue weighted by atomic mass is 9.79. The van der Waals surface area contributed by atoms with E-state index in [1.807, 2.05) is 0 Å². The second kappa shape index (κ2) is 3.61. The van der Waals surface area contributed by atoms with Crippen molar-refractivity contribution in [2.75, 3.05) is 0 Å². The first-order chi connectivity index (χ1) is 6.32. The summed E-state index contributed by atoms with van der Waals surface area (Å²) in [6, 6.07) is 1.80. The van der Waals surface area contributed by atoms with Crippen LogP contribution in [-0.2, 0) is 0 Å². The third kappa shape index (κ3) is 2.26. The molecule has 0 radical (unpaired) electrons. The van der Waals surface area contributed by atoms with Crippen LogP contribution in [0.25, 0.3) is 0 Å². The van der Waals surface area contributed by atoms with Gasteiger partial charge in [0.05, 0.1) is 0 Å². The second-order valence-electron chi connectivity index (χ2n) is 3.14. The molecule has 1 atom stereocenters. The molecule has 0 heterocycles. The average molecular weight is 206 g/mol. The summed E-state index contributed by atoms with van der Waals surface area (Å²) < 4.78 is 49.6. The molecule has 1 unspecified atom stereocenters. The van der Waals surface area contributed by atoms with Gasteiger partial charge in [-0.05, 0) is 6.92 Å². The first-order valence-electron chi connectivity index (χ1n) is 4.07. The van der Waals surface area contributed by atoms with Crippen LogP contribution in [0.3, 0.4) is 0 Å². The first-order valence-corrected chi connectivity index (χ1v) is 4.07. The maximum absolute atomic E-state index is 13.1. The zero-order valence-corrected chi connectivity index (χ0v) is 7.48. The van der Waals surface area contributed by atoms with Crippen LogP contribution in [0.15, 0.2) is 18.2 Å². The fraction of sp³-hybridized carbons (Fsp3) is 0.250. The second-order valence-corrected chi connectivity index (χ2v) is 3.14. The molecular weight excluding hydrogens is 197 g/mol. The van der Waals surface area contributed by atoms with Gasteiger partial charge in [0, 0.05) is 11.6 Å². The third-order valence-electron chi connectivity index (χ3n) is 1.89. The number of halogens is 4. The van der Waals surface area contributed by atoms with Crippen molar-refractivity contribution in [3.05, 3.63) is 29.6 Å². The number of rotatable bonds is 2. The van der Waals surface area contributed by atoms with Gasteiger partial charge in [0.2, 0.25) is 0 Å². The predicted molar refractivity (Wildman–Crippen MR) is 47.7 cm³/mol. The van der Waals surface area contributed by atoms with Crippen molar-refractivity contribution in [2.24, 2.45) is 5.73 Å². The third-order valence-corrected chi connectivity index (χ3v) is 1.89. The lowest BCUT2D eigenvalue weighted by molar-refractivity contribution is 0.499. The molecule has 0 aliphatic heterocycles. The average Bonchev–Trinajstić information content (AvgIpc) is 2.01. The maximum atomic E-state index is 13.1. The van der Waals surface area contributed by atoms with Gasteiger partial charge in [-0.2, -0.15) is 0 Å². The van der Waals surface area contributed by atoms with Crippen molar-refractivity contribution >= 4 is 12.4 Å². The van der Waals surface area contributed by atoms with Gasteiger partial charge < -0.3 is 18.7 Å². The van der Waals surface area contributed by atoms with E-state index in [-0.39, 0.29) is 5.56 Å². The van der Waals surface area contributed by atoms with E-state index in [0.717, 1.165) is 12.1 Å². The minimum absolute atomic E-state index is 0.0915. The lowest BCUT2D eigenvalue weighted by Crippen LogP contribution is -2.34. The van der Waals surface area contributed by atoms with Gasteiger partial charge in [-0.1, -0.05) is 18.2 Å². The molecule has 0 aliphatic rings. The quantitative estimate of drug-likeness (QED) is 0.580. The Morgan fingerprint density at radius 1 is 1.29 bits per heavy atom.